The number of rotatable bonds is 6. The molecule has 1 unspecified atom stereocenters. The van der Waals surface area contributed by atoms with Crippen LogP contribution in [0.4, 0.5) is 0 Å². The number of cyclic esters (lactones) is 1. The van der Waals surface area contributed by atoms with Crippen molar-refractivity contribution >= 4 is 34.5 Å². The number of carbonyl (C=O) groups is 4. The smallest absolute Gasteiger partial charge is 0.310 e. The molecule has 2 saturated heterocycles. The van der Waals surface area contributed by atoms with Gasteiger partial charge in [0.25, 0.3) is 5.91 Å². The number of carbonyl (C=O) groups excluding carboxylic acids is 4. The van der Waals surface area contributed by atoms with Crippen molar-refractivity contribution in [3.63, 3.8) is 0 Å². The number of aromatic nitrogens is 1. The molecule has 5 atom stereocenters. The predicted octanol–water partition coefficient (Wildman–Crippen LogP) is 1.84. The van der Waals surface area contributed by atoms with Crippen LogP contribution in [0.5, 0.6) is 0 Å². The molecule has 4 heterocycles. The second-order valence-electron chi connectivity index (χ2n) is 9.47. The summed E-state index contributed by atoms with van der Waals surface area (Å²) in [4.78, 5) is 57.9. The highest BCUT2D eigenvalue weighted by Gasteiger charge is 2.45. The summed E-state index contributed by atoms with van der Waals surface area (Å²) in [5, 5.41) is 7.29. The number of pyridine rings is 1. The van der Waals surface area contributed by atoms with Gasteiger partial charge in [-0.2, -0.15) is 0 Å². The van der Waals surface area contributed by atoms with E-state index < -0.39 is 36.3 Å². The molecule has 1 aromatic heterocycles. The van der Waals surface area contributed by atoms with Crippen molar-refractivity contribution in [1.29, 1.82) is 0 Å². The molecule has 10 nitrogen and oxygen atoms in total. The monoisotopic (exact) mass is 506 g/mol. The Morgan fingerprint density at radius 3 is 2.76 bits per heavy atom. The van der Waals surface area contributed by atoms with E-state index in [0.717, 1.165) is 5.39 Å². The van der Waals surface area contributed by atoms with Gasteiger partial charge < -0.3 is 25.0 Å². The second-order valence-corrected chi connectivity index (χ2v) is 9.47. The molecule has 5 rings (SSSR count). The minimum Gasteiger partial charge on any atom is -0.433 e. The Balaban J connectivity index is 1.33. The summed E-state index contributed by atoms with van der Waals surface area (Å²) in [6.45, 7) is 2.11. The Bertz CT molecular complexity index is 1240. The maximum Gasteiger partial charge on any atom is 0.310 e. The number of benzene rings is 1. The minimum atomic E-state index is -0.843. The number of hydrogen-bond donors (Lipinski definition) is 2. The largest absolute Gasteiger partial charge is 0.433 e. The molecule has 0 saturated carbocycles. The summed E-state index contributed by atoms with van der Waals surface area (Å²) in [5.74, 6) is -1.54. The first-order valence-electron chi connectivity index (χ1n) is 12.7. The van der Waals surface area contributed by atoms with E-state index in [2.05, 4.69) is 15.6 Å². The fourth-order valence-corrected chi connectivity index (χ4v) is 5.37. The SMILES string of the molecule is CCOC1OC(=O)C[C@@H]1NC(=O)[C@@H]1CC[C@@H]2C/C=C\C[C@H](NC(=O)c3nccc4ccccc34)C(=O)N21. The van der Waals surface area contributed by atoms with Crippen LogP contribution in [-0.4, -0.2) is 70.6 Å². The Morgan fingerprint density at radius 2 is 1.92 bits per heavy atom. The van der Waals surface area contributed by atoms with Gasteiger partial charge in [-0.3, -0.25) is 24.2 Å². The maximum absolute atomic E-state index is 13.8. The average Bonchev–Trinajstić information content (AvgIpc) is 3.46. The van der Waals surface area contributed by atoms with E-state index >= 15 is 0 Å². The van der Waals surface area contributed by atoms with E-state index in [1.165, 1.54) is 0 Å². The Labute approximate surface area is 214 Å². The van der Waals surface area contributed by atoms with Gasteiger partial charge in [0.2, 0.25) is 18.1 Å². The van der Waals surface area contributed by atoms with E-state index in [4.69, 9.17) is 9.47 Å². The number of nitrogens with one attached hydrogen (secondary N) is 2. The number of hydrogen-bond acceptors (Lipinski definition) is 7. The van der Waals surface area contributed by atoms with Crippen molar-refractivity contribution in [2.24, 2.45) is 0 Å². The lowest BCUT2D eigenvalue weighted by Crippen LogP contribution is -2.57. The van der Waals surface area contributed by atoms with Gasteiger partial charge in [-0.15, -0.1) is 0 Å². The van der Waals surface area contributed by atoms with Gasteiger partial charge in [0.15, 0.2) is 0 Å². The van der Waals surface area contributed by atoms with Crippen LogP contribution in [0.3, 0.4) is 0 Å². The van der Waals surface area contributed by atoms with Crippen molar-refractivity contribution < 1.29 is 28.7 Å². The van der Waals surface area contributed by atoms with Gasteiger partial charge in [-0.1, -0.05) is 36.4 Å². The fourth-order valence-electron chi connectivity index (χ4n) is 5.37. The molecule has 3 aliphatic heterocycles. The summed E-state index contributed by atoms with van der Waals surface area (Å²) in [5.41, 5.74) is 0.247. The molecule has 2 N–H and O–H groups in total. The molecule has 3 aliphatic rings. The second kappa shape index (κ2) is 10.7. The summed E-state index contributed by atoms with van der Waals surface area (Å²) < 4.78 is 10.6. The van der Waals surface area contributed by atoms with E-state index in [0.29, 0.717) is 37.7 Å². The normalized spacial score (nSPS) is 28.2. The van der Waals surface area contributed by atoms with Crippen molar-refractivity contribution in [2.45, 2.75) is 69.5 Å². The standard InChI is InChI=1S/C27H30N4O6/c1-2-36-27-20(15-22(32)37-27)30-24(33)21-12-11-17-8-4-6-10-19(26(35)31(17)21)29-25(34)23-18-9-5-3-7-16(18)13-14-28-23/h3-7,9,13-14,17,19-21,27H,2,8,10-12,15H2,1H3,(H,29,34)(H,30,33)/b6-4-/t17-,19-,20-,21-,27?/m0/s1. The highest BCUT2D eigenvalue weighted by Crippen LogP contribution is 2.30. The molecule has 0 spiro atoms. The highest BCUT2D eigenvalue weighted by molar-refractivity contribution is 6.06. The lowest BCUT2D eigenvalue weighted by molar-refractivity contribution is -0.164. The molecule has 2 aromatic rings. The summed E-state index contributed by atoms with van der Waals surface area (Å²) in [6, 6.07) is 6.95. The number of fused-ring (bicyclic) bond motifs is 2. The molecule has 0 aliphatic carbocycles. The van der Waals surface area contributed by atoms with Gasteiger partial charge in [0, 0.05) is 24.2 Å². The summed E-state index contributed by atoms with van der Waals surface area (Å²) in [7, 11) is 0. The van der Waals surface area contributed by atoms with Gasteiger partial charge in [-0.25, -0.2) is 0 Å². The van der Waals surface area contributed by atoms with Gasteiger partial charge in [0.05, 0.1) is 6.42 Å². The van der Waals surface area contributed by atoms with Crippen LogP contribution in [0.1, 0.15) is 49.5 Å². The molecular formula is C27H30N4O6. The van der Waals surface area contributed by atoms with Gasteiger partial charge in [0.1, 0.15) is 23.8 Å². The van der Waals surface area contributed by atoms with Crippen molar-refractivity contribution in [3.8, 4) is 0 Å². The topological polar surface area (TPSA) is 127 Å². The van der Waals surface area contributed by atoms with Crippen LogP contribution < -0.4 is 10.6 Å². The van der Waals surface area contributed by atoms with Crippen molar-refractivity contribution in [1.82, 2.24) is 20.5 Å². The number of amides is 3. The average molecular weight is 507 g/mol. The van der Waals surface area contributed by atoms with E-state index in [1.54, 1.807) is 18.0 Å². The maximum atomic E-state index is 13.8. The third-order valence-corrected chi connectivity index (χ3v) is 7.12. The molecule has 1 aromatic carbocycles. The van der Waals surface area contributed by atoms with Crippen LogP contribution in [0.2, 0.25) is 0 Å². The van der Waals surface area contributed by atoms with E-state index in [9.17, 15) is 19.2 Å². The fraction of sp³-hybridized carbons (Fsp3) is 0.444. The van der Waals surface area contributed by atoms with Crippen LogP contribution >= 0.6 is 0 Å². The minimum absolute atomic E-state index is 0.0138. The zero-order chi connectivity index (χ0) is 25.9. The molecule has 10 heteroatoms. The first kappa shape index (κ1) is 24.9. The number of esters is 1. The van der Waals surface area contributed by atoms with Crippen LogP contribution in [0.25, 0.3) is 10.8 Å². The molecule has 37 heavy (non-hydrogen) atoms. The summed E-state index contributed by atoms with van der Waals surface area (Å²) in [6.07, 6.45) is 6.73. The molecule has 3 amide bonds. The van der Waals surface area contributed by atoms with E-state index in [1.807, 2.05) is 42.5 Å². The van der Waals surface area contributed by atoms with Crippen LogP contribution in [-0.2, 0) is 23.9 Å². The third kappa shape index (κ3) is 5.06. The first-order valence-corrected chi connectivity index (χ1v) is 12.7. The first-order chi connectivity index (χ1) is 18.0. The Kier molecular flexibility index (Phi) is 7.18. The molecular weight excluding hydrogens is 476 g/mol. The molecule has 0 bridgehead atoms. The third-order valence-electron chi connectivity index (χ3n) is 7.12. The van der Waals surface area contributed by atoms with Crippen LogP contribution in [0, 0.1) is 0 Å². The Morgan fingerprint density at radius 1 is 1.11 bits per heavy atom. The lowest BCUT2D eigenvalue weighted by atomic mass is 10.0. The van der Waals surface area contributed by atoms with Crippen molar-refractivity contribution in [2.75, 3.05) is 6.61 Å². The zero-order valence-electron chi connectivity index (χ0n) is 20.6. The summed E-state index contributed by atoms with van der Waals surface area (Å²) >= 11 is 0. The zero-order valence-corrected chi connectivity index (χ0v) is 20.6. The molecule has 2 fully saturated rings. The van der Waals surface area contributed by atoms with Gasteiger partial charge in [-0.05, 0) is 44.1 Å². The van der Waals surface area contributed by atoms with Crippen molar-refractivity contribution in [3.05, 3.63) is 54.4 Å². The molecule has 194 valence electrons. The predicted molar refractivity (Wildman–Crippen MR) is 133 cm³/mol. The number of nitrogens with zero attached hydrogens (tertiary/aromatic N) is 2. The number of ether oxygens (including phenoxy) is 2. The quantitative estimate of drug-likeness (QED) is 0.452. The molecule has 0 radical (unpaired) electrons. The lowest BCUT2D eigenvalue weighted by Gasteiger charge is -2.34. The van der Waals surface area contributed by atoms with E-state index in [-0.39, 0.29) is 30.0 Å². The highest BCUT2D eigenvalue weighted by atomic mass is 16.7. The Hall–Kier alpha value is -3.79. The van der Waals surface area contributed by atoms with Gasteiger partial charge >= 0.3 is 5.97 Å². The van der Waals surface area contributed by atoms with Crippen LogP contribution in [0.15, 0.2) is 48.7 Å².